The number of nitrogens with zero attached hydrogens (tertiary/aromatic N) is 1. The molecule has 0 bridgehead atoms. The van der Waals surface area contributed by atoms with Crippen molar-refractivity contribution in [3.8, 4) is 0 Å². The topological polar surface area (TPSA) is 89.6 Å². The van der Waals surface area contributed by atoms with Crippen molar-refractivity contribution in [3.05, 3.63) is 102 Å². The van der Waals surface area contributed by atoms with Crippen molar-refractivity contribution < 1.29 is 19.4 Å². The first-order valence-electron chi connectivity index (χ1n) is 11.3. The highest BCUT2D eigenvalue weighted by molar-refractivity contribution is 6.13. The first-order chi connectivity index (χ1) is 16.8. The van der Waals surface area contributed by atoms with Crippen molar-refractivity contribution in [1.29, 1.82) is 0 Å². The first kappa shape index (κ1) is 22.7. The maximum atomic E-state index is 13.6. The molecule has 1 unspecified atom stereocenters. The molecule has 0 spiro atoms. The van der Waals surface area contributed by atoms with Gasteiger partial charge in [-0.2, -0.15) is 0 Å². The van der Waals surface area contributed by atoms with E-state index < -0.39 is 23.0 Å². The lowest BCUT2D eigenvalue weighted by atomic mass is 9.84. The predicted octanol–water partition coefficient (Wildman–Crippen LogP) is 5.43. The molecule has 0 fully saturated rings. The molecule has 0 saturated carbocycles. The van der Waals surface area contributed by atoms with E-state index in [-0.39, 0.29) is 5.56 Å². The molecular weight excluding hydrogens is 442 g/mol. The van der Waals surface area contributed by atoms with Crippen LogP contribution < -0.4 is 10.6 Å². The predicted molar refractivity (Wildman–Crippen MR) is 134 cm³/mol. The van der Waals surface area contributed by atoms with Crippen LogP contribution in [0.5, 0.6) is 0 Å². The summed E-state index contributed by atoms with van der Waals surface area (Å²) in [6, 6.07) is 23.5. The lowest BCUT2D eigenvalue weighted by Crippen LogP contribution is -2.42. The molecule has 2 amide bonds. The van der Waals surface area contributed by atoms with E-state index in [1.54, 1.807) is 48.7 Å². The Morgan fingerprint density at radius 2 is 1.63 bits per heavy atom. The van der Waals surface area contributed by atoms with Crippen LogP contribution in [0.1, 0.15) is 42.3 Å². The number of carbonyl (C=O) groups is 2. The zero-order chi connectivity index (χ0) is 24.6. The number of benzene rings is 3. The third kappa shape index (κ3) is 4.05. The van der Waals surface area contributed by atoms with Crippen LogP contribution in [0.3, 0.4) is 0 Å². The Morgan fingerprint density at radius 1 is 0.914 bits per heavy atom. The Balaban J connectivity index is 1.62. The van der Waals surface area contributed by atoms with Crippen molar-refractivity contribution in [2.75, 3.05) is 10.6 Å². The number of aromatic nitrogens is 1. The van der Waals surface area contributed by atoms with Gasteiger partial charge >= 0.3 is 0 Å². The zero-order valence-corrected chi connectivity index (χ0v) is 19.7. The molecule has 35 heavy (non-hydrogen) atoms. The zero-order valence-electron chi connectivity index (χ0n) is 19.7. The average molecular weight is 468 g/mol. The standard InChI is InChI=1S/C28H25N3O4/c1-27(2,3)34-35-28(21-14-6-7-15-22(21)31-26(28)33)20-13-5-4-12-19(20)25(32)30-23-16-8-10-18-11-9-17-29-24(18)23/h4-17H,1-3H3,(H,30,32)(H,31,33). The molecule has 3 aromatic carbocycles. The number of para-hydroxylation sites is 2. The smallest absolute Gasteiger partial charge is 0.269 e. The number of rotatable bonds is 5. The summed E-state index contributed by atoms with van der Waals surface area (Å²) < 4.78 is 0. The van der Waals surface area contributed by atoms with Gasteiger partial charge in [-0.25, -0.2) is 9.78 Å². The van der Waals surface area contributed by atoms with Crippen LogP contribution in [0.25, 0.3) is 10.9 Å². The minimum atomic E-state index is -1.67. The summed E-state index contributed by atoms with van der Waals surface area (Å²) in [6.45, 7) is 5.47. The van der Waals surface area contributed by atoms with Crippen LogP contribution in [-0.2, 0) is 20.2 Å². The lowest BCUT2D eigenvalue weighted by Gasteiger charge is -2.31. The number of hydrogen-bond donors (Lipinski definition) is 2. The van der Waals surface area contributed by atoms with E-state index in [0.717, 1.165) is 5.39 Å². The summed E-state index contributed by atoms with van der Waals surface area (Å²) in [5, 5.41) is 6.75. The van der Waals surface area contributed by atoms with E-state index in [0.29, 0.717) is 28.0 Å². The van der Waals surface area contributed by atoms with Crippen molar-refractivity contribution in [2.24, 2.45) is 0 Å². The molecule has 1 atom stereocenters. The Bertz CT molecular complexity index is 1440. The first-order valence-corrected chi connectivity index (χ1v) is 11.3. The highest BCUT2D eigenvalue weighted by Crippen LogP contribution is 2.45. The highest BCUT2D eigenvalue weighted by atomic mass is 17.2. The maximum absolute atomic E-state index is 13.6. The number of anilines is 2. The Kier molecular flexibility index (Phi) is 5.59. The van der Waals surface area contributed by atoms with Gasteiger partial charge in [0.15, 0.2) is 0 Å². The lowest BCUT2D eigenvalue weighted by molar-refractivity contribution is -0.388. The molecule has 7 heteroatoms. The SMILES string of the molecule is CC(C)(C)OOC1(c2ccccc2C(=O)Nc2cccc3cccnc23)C(=O)Nc2ccccc21. The molecule has 7 nitrogen and oxygen atoms in total. The molecule has 0 radical (unpaired) electrons. The molecule has 1 aliphatic heterocycles. The number of nitrogens with one attached hydrogen (secondary N) is 2. The van der Waals surface area contributed by atoms with Crippen LogP contribution >= 0.6 is 0 Å². The van der Waals surface area contributed by atoms with Gasteiger partial charge in [0.2, 0.25) is 5.60 Å². The number of pyridine rings is 1. The second kappa shape index (κ2) is 8.61. The molecule has 1 aliphatic rings. The number of amides is 2. The summed E-state index contributed by atoms with van der Waals surface area (Å²) >= 11 is 0. The summed E-state index contributed by atoms with van der Waals surface area (Å²) in [5.41, 5.74) is 0.699. The van der Waals surface area contributed by atoms with Crippen LogP contribution in [0, 0.1) is 0 Å². The largest absolute Gasteiger partial charge is 0.322 e. The molecule has 0 aliphatic carbocycles. The van der Waals surface area contributed by atoms with Crippen molar-refractivity contribution >= 4 is 34.1 Å². The van der Waals surface area contributed by atoms with Gasteiger partial charge in [0.25, 0.3) is 11.8 Å². The minimum Gasteiger partial charge on any atom is -0.322 e. The quantitative estimate of drug-likeness (QED) is 0.302. The van der Waals surface area contributed by atoms with Crippen LogP contribution in [0.2, 0.25) is 0 Å². The maximum Gasteiger partial charge on any atom is 0.269 e. The van der Waals surface area contributed by atoms with E-state index in [1.165, 1.54) is 0 Å². The van der Waals surface area contributed by atoms with E-state index in [1.807, 2.05) is 57.2 Å². The van der Waals surface area contributed by atoms with E-state index in [4.69, 9.17) is 9.78 Å². The molecule has 2 heterocycles. The second-order valence-electron chi connectivity index (χ2n) is 9.34. The van der Waals surface area contributed by atoms with Gasteiger partial charge in [0.05, 0.1) is 16.8 Å². The van der Waals surface area contributed by atoms with Gasteiger partial charge in [-0.1, -0.05) is 54.6 Å². The van der Waals surface area contributed by atoms with Gasteiger partial charge in [0, 0.05) is 34.0 Å². The summed E-state index contributed by atoms with van der Waals surface area (Å²) in [6.07, 6.45) is 1.68. The van der Waals surface area contributed by atoms with Gasteiger partial charge in [0.1, 0.15) is 0 Å². The molecule has 1 aromatic heterocycles. The van der Waals surface area contributed by atoms with E-state index in [2.05, 4.69) is 15.6 Å². The molecular formula is C28H25N3O4. The highest BCUT2D eigenvalue weighted by Gasteiger charge is 2.53. The fraction of sp³-hybridized carbons (Fsp3) is 0.179. The minimum absolute atomic E-state index is 0.282. The van der Waals surface area contributed by atoms with Gasteiger partial charge in [-0.05, 0) is 45.0 Å². The van der Waals surface area contributed by atoms with Crippen LogP contribution in [0.4, 0.5) is 11.4 Å². The number of fused-ring (bicyclic) bond motifs is 2. The number of hydrogen-bond acceptors (Lipinski definition) is 5. The second-order valence-corrected chi connectivity index (χ2v) is 9.34. The normalized spacial score (nSPS) is 17.2. The van der Waals surface area contributed by atoms with Crippen LogP contribution in [0.15, 0.2) is 85.1 Å². The Morgan fingerprint density at radius 3 is 2.43 bits per heavy atom. The van der Waals surface area contributed by atoms with Crippen LogP contribution in [-0.4, -0.2) is 22.4 Å². The molecule has 4 aromatic rings. The monoisotopic (exact) mass is 467 g/mol. The molecule has 176 valence electrons. The third-order valence-electron chi connectivity index (χ3n) is 5.72. The molecule has 2 N–H and O–H groups in total. The Hall–Kier alpha value is -4.07. The third-order valence-corrected chi connectivity index (χ3v) is 5.72. The van der Waals surface area contributed by atoms with Crippen molar-refractivity contribution in [1.82, 2.24) is 4.98 Å². The summed E-state index contributed by atoms with van der Waals surface area (Å²) in [5.74, 6) is -0.829. The van der Waals surface area contributed by atoms with Crippen molar-refractivity contribution in [2.45, 2.75) is 32.0 Å². The van der Waals surface area contributed by atoms with Gasteiger partial charge in [-0.3, -0.25) is 14.6 Å². The molecule has 5 rings (SSSR count). The fourth-order valence-corrected chi connectivity index (χ4v) is 4.20. The van der Waals surface area contributed by atoms with Gasteiger partial charge in [-0.15, -0.1) is 0 Å². The van der Waals surface area contributed by atoms with Gasteiger partial charge < -0.3 is 10.6 Å². The summed E-state index contributed by atoms with van der Waals surface area (Å²) in [4.78, 5) is 43.3. The average Bonchev–Trinajstić information content (AvgIpc) is 3.14. The van der Waals surface area contributed by atoms with E-state index in [9.17, 15) is 9.59 Å². The molecule has 0 saturated heterocycles. The van der Waals surface area contributed by atoms with Crippen molar-refractivity contribution in [3.63, 3.8) is 0 Å². The fourth-order valence-electron chi connectivity index (χ4n) is 4.20. The summed E-state index contributed by atoms with van der Waals surface area (Å²) in [7, 11) is 0. The Labute approximate surface area is 203 Å². The number of carbonyl (C=O) groups excluding carboxylic acids is 2. The van der Waals surface area contributed by atoms with E-state index >= 15 is 0 Å².